The fourth-order valence-corrected chi connectivity index (χ4v) is 1.77. The van der Waals surface area contributed by atoms with Gasteiger partial charge < -0.3 is 15.5 Å². The predicted octanol–water partition coefficient (Wildman–Crippen LogP) is 1.20. The van der Waals surface area contributed by atoms with Gasteiger partial charge >= 0.3 is 0 Å². The number of aliphatic hydroxyl groups excluding tert-OH is 2. The fraction of sp³-hybridized carbons (Fsp3) is 0.455. The summed E-state index contributed by atoms with van der Waals surface area (Å²) in [6.45, 7) is 2.59. The number of halogens is 1. The largest absolute Gasteiger partial charge is 0.395 e. The van der Waals surface area contributed by atoms with Crippen LogP contribution in [-0.4, -0.2) is 29.5 Å². The second-order valence-electron chi connectivity index (χ2n) is 3.51. The summed E-state index contributed by atoms with van der Waals surface area (Å²) in [6, 6.07) is 5.81. The van der Waals surface area contributed by atoms with E-state index in [1.807, 2.05) is 25.1 Å². The van der Waals surface area contributed by atoms with Crippen molar-refractivity contribution in [2.75, 3.05) is 13.2 Å². The van der Waals surface area contributed by atoms with E-state index in [-0.39, 0.29) is 19.3 Å². The molecule has 0 aliphatic rings. The average molecular weight is 274 g/mol. The normalized spacial score (nSPS) is 11.0. The van der Waals surface area contributed by atoms with Crippen LogP contribution >= 0.6 is 15.9 Å². The lowest BCUT2D eigenvalue weighted by Gasteiger charge is -2.14. The van der Waals surface area contributed by atoms with Crippen molar-refractivity contribution in [2.45, 2.75) is 19.5 Å². The van der Waals surface area contributed by atoms with Crippen molar-refractivity contribution < 1.29 is 10.2 Å². The summed E-state index contributed by atoms with van der Waals surface area (Å²) in [5.41, 5.74) is 2.36. The van der Waals surface area contributed by atoms with Gasteiger partial charge in [0.15, 0.2) is 0 Å². The zero-order chi connectivity index (χ0) is 11.3. The van der Waals surface area contributed by atoms with E-state index in [0.717, 1.165) is 4.47 Å². The van der Waals surface area contributed by atoms with Crippen LogP contribution in [0.2, 0.25) is 0 Å². The number of hydrogen-bond acceptors (Lipinski definition) is 3. The Morgan fingerprint density at radius 2 is 2.00 bits per heavy atom. The Kier molecular flexibility index (Phi) is 5.25. The molecule has 4 heteroatoms. The highest BCUT2D eigenvalue weighted by atomic mass is 79.9. The summed E-state index contributed by atoms with van der Waals surface area (Å²) in [4.78, 5) is 0. The van der Waals surface area contributed by atoms with Gasteiger partial charge in [-0.2, -0.15) is 0 Å². The summed E-state index contributed by atoms with van der Waals surface area (Å²) in [7, 11) is 0. The van der Waals surface area contributed by atoms with Crippen molar-refractivity contribution in [1.29, 1.82) is 0 Å². The molecular weight excluding hydrogens is 258 g/mol. The van der Waals surface area contributed by atoms with Crippen molar-refractivity contribution >= 4 is 15.9 Å². The molecule has 0 saturated carbocycles. The minimum Gasteiger partial charge on any atom is -0.395 e. The van der Waals surface area contributed by atoms with Crippen LogP contribution in [-0.2, 0) is 6.54 Å². The maximum Gasteiger partial charge on any atom is 0.0607 e. The Bertz CT molecular complexity index is 313. The van der Waals surface area contributed by atoms with Gasteiger partial charge in [-0.1, -0.05) is 22.0 Å². The van der Waals surface area contributed by atoms with Crippen molar-refractivity contribution in [3.8, 4) is 0 Å². The number of aliphatic hydroxyl groups is 2. The molecule has 84 valence electrons. The molecule has 0 fully saturated rings. The first-order valence-electron chi connectivity index (χ1n) is 4.87. The molecule has 0 amide bonds. The standard InChI is InChI=1S/C11H16BrNO2/c1-8-4-10(12)3-2-9(8)5-13-11(6-14)7-15/h2-4,11,13-15H,5-7H2,1H3. The van der Waals surface area contributed by atoms with Crippen molar-refractivity contribution in [3.05, 3.63) is 33.8 Å². The lowest BCUT2D eigenvalue weighted by molar-refractivity contribution is 0.170. The second-order valence-corrected chi connectivity index (χ2v) is 4.43. The molecule has 3 nitrogen and oxygen atoms in total. The zero-order valence-corrected chi connectivity index (χ0v) is 10.3. The van der Waals surface area contributed by atoms with Crippen LogP contribution in [0.25, 0.3) is 0 Å². The van der Waals surface area contributed by atoms with Crippen molar-refractivity contribution in [1.82, 2.24) is 5.32 Å². The highest BCUT2D eigenvalue weighted by Gasteiger charge is 2.05. The molecule has 15 heavy (non-hydrogen) atoms. The van der Waals surface area contributed by atoms with E-state index < -0.39 is 0 Å². The van der Waals surface area contributed by atoms with E-state index in [4.69, 9.17) is 10.2 Å². The van der Waals surface area contributed by atoms with Gasteiger partial charge in [-0.3, -0.25) is 0 Å². The van der Waals surface area contributed by atoms with E-state index in [9.17, 15) is 0 Å². The summed E-state index contributed by atoms with van der Waals surface area (Å²) in [6.07, 6.45) is 0. The molecular formula is C11H16BrNO2. The molecule has 0 aliphatic carbocycles. The third kappa shape index (κ3) is 3.91. The molecule has 0 aliphatic heterocycles. The molecule has 0 heterocycles. The van der Waals surface area contributed by atoms with Crippen LogP contribution in [0.1, 0.15) is 11.1 Å². The molecule has 0 bridgehead atoms. The minimum atomic E-state index is -0.243. The van der Waals surface area contributed by atoms with E-state index in [0.29, 0.717) is 6.54 Å². The first kappa shape index (κ1) is 12.6. The predicted molar refractivity (Wildman–Crippen MR) is 63.7 cm³/mol. The third-order valence-electron chi connectivity index (χ3n) is 2.33. The maximum absolute atomic E-state index is 8.89. The average Bonchev–Trinajstić information content (AvgIpc) is 2.22. The number of nitrogens with one attached hydrogen (secondary N) is 1. The number of rotatable bonds is 5. The molecule has 0 aromatic heterocycles. The van der Waals surface area contributed by atoms with Crippen molar-refractivity contribution in [2.24, 2.45) is 0 Å². The van der Waals surface area contributed by atoms with E-state index >= 15 is 0 Å². The summed E-state index contributed by atoms with van der Waals surface area (Å²) in [5.74, 6) is 0. The van der Waals surface area contributed by atoms with Gasteiger partial charge in [0.25, 0.3) is 0 Å². The maximum atomic E-state index is 8.89. The SMILES string of the molecule is Cc1cc(Br)ccc1CNC(CO)CO. The smallest absolute Gasteiger partial charge is 0.0607 e. The van der Waals surface area contributed by atoms with E-state index in [1.165, 1.54) is 11.1 Å². The molecule has 0 saturated heterocycles. The third-order valence-corrected chi connectivity index (χ3v) is 2.82. The van der Waals surface area contributed by atoms with E-state index in [1.54, 1.807) is 0 Å². The molecule has 1 rings (SSSR count). The van der Waals surface area contributed by atoms with Gasteiger partial charge in [0, 0.05) is 11.0 Å². The molecule has 0 spiro atoms. The zero-order valence-electron chi connectivity index (χ0n) is 8.70. The first-order valence-corrected chi connectivity index (χ1v) is 5.66. The number of benzene rings is 1. The monoisotopic (exact) mass is 273 g/mol. The van der Waals surface area contributed by atoms with Crippen LogP contribution < -0.4 is 5.32 Å². The molecule has 0 unspecified atom stereocenters. The highest BCUT2D eigenvalue weighted by Crippen LogP contribution is 2.15. The number of hydrogen-bond donors (Lipinski definition) is 3. The lowest BCUT2D eigenvalue weighted by atomic mass is 10.1. The second kappa shape index (κ2) is 6.23. The lowest BCUT2D eigenvalue weighted by Crippen LogP contribution is -2.35. The van der Waals surface area contributed by atoms with Crippen LogP contribution in [0.5, 0.6) is 0 Å². The van der Waals surface area contributed by atoms with Crippen LogP contribution in [0.15, 0.2) is 22.7 Å². The van der Waals surface area contributed by atoms with Gasteiger partial charge in [0.05, 0.1) is 19.3 Å². The van der Waals surface area contributed by atoms with Crippen molar-refractivity contribution in [3.63, 3.8) is 0 Å². The minimum absolute atomic E-state index is 0.0495. The highest BCUT2D eigenvalue weighted by molar-refractivity contribution is 9.10. The van der Waals surface area contributed by atoms with Crippen LogP contribution in [0.3, 0.4) is 0 Å². The fourth-order valence-electron chi connectivity index (χ4n) is 1.30. The molecule has 1 aromatic carbocycles. The first-order chi connectivity index (χ1) is 7.17. The van der Waals surface area contributed by atoms with Gasteiger partial charge in [-0.25, -0.2) is 0 Å². The van der Waals surface area contributed by atoms with E-state index in [2.05, 4.69) is 21.2 Å². The van der Waals surface area contributed by atoms with Gasteiger partial charge in [-0.05, 0) is 30.2 Å². The summed E-state index contributed by atoms with van der Waals surface area (Å²) < 4.78 is 1.06. The molecule has 0 radical (unpaired) electrons. The van der Waals surface area contributed by atoms with Gasteiger partial charge in [-0.15, -0.1) is 0 Å². The van der Waals surface area contributed by atoms with Crippen LogP contribution in [0, 0.1) is 6.92 Å². The molecule has 3 N–H and O–H groups in total. The Balaban J connectivity index is 2.57. The summed E-state index contributed by atoms with van der Waals surface area (Å²) in [5, 5.41) is 20.9. The topological polar surface area (TPSA) is 52.5 Å². The van der Waals surface area contributed by atoms with Crippen LogP contribution in [0.4, 0.5) is 0 Å². The van der Waals surface area contributed by atoms with Gasteiger partial charge in [0.1, 0.15) is 0 Å². The molecule has 0 atom stereocenters. The quantitative estimate of drug-likeness (QED) is 0.756. The Hall–Kier alpha value is -0.420. The summed E-state index contributed by atoms with van der Waals surface area (Å²) >= 11 is 3.40. The Morgan fingerprint density at radius 1 is 1.33 bits per heavy atom. The Morgan fingerprint density at radius 3 is 2.53 bits per heavy atom. The Labute approximate surface area is 98.3 Å². The number of aryl methyl sites for hydroxylation is 1. The van der Waals surface area contributed by atoms with Gasteiger partial charge in [0.2, 0.25) is 0 Å². The molecule has 1 aromatic rings.